The van der Waals surface area contributed by atoms with E-state index in [1.54, 1.807) is 12.5 Å². The van der Waals surface area contributed by atoms with Gasteiger partial charge in [-0.25, -0.2) is 9.78 Å². The zero-order valence-corrected chi connectivity index (χ0v) is 14.1. The van der Waals surface area contributed by atoms with Crippen LogP contribution in [0.25, 0.3) is 0 Å². The van der Waals surface area contributed by atoms with Crippen LogP contribution in [0.5, 0.6) is 11.5 Å². The number of benzene rings is 1. The second-order valence-corrected chi connectivity index (χ2v) is 6.29. The molecule has 2 aliphatic heterocycles. The molecule has 3 heterocycles. The zero-order chi connectivity index (χ0) is 17.1. The quantitative estimate of drug-likeness (QED) is 0.925. The van der Waals surface area contributed by atoms with Gasteiger partial charge in [0, 0.05) is 32.0 Å². The van der Waals surface area contributed by atoms with Crippen molar-refractivity contribution in [3.63, 3.8) is 0 Å². The highest BCUT2D eigenvalue weighted by atomic mass is 16.6. The number of nitrogens with one attached hydrogen (secondary N) is 1. The number of nitrogens with zero attached hydrogens (tertiary/aromatic N) is 3. The van der Waals surface area contributed by atoms with Crippen LogP contribution in [0.15, 0.2) is 36.9 Å². The van der Waals surface area contributed by atoms with Crippen molar-refractivity contribution in [2.45, 2.75) is 25.4 Å². The van der Waals surface area contributed by atoms with E-state index in [9.17, 15) is 4.79 Å². The highest BCUT2D eigenvalue weighted by Gasteiger charge is 2.30. The molecule has 2 aromatic rings. The van der Waals surface area contributed by atoms with E-state index in [0.29, 0.717) is 26.3 Å². The van der Waals surface area contributed by atoms with Gasteiger partial charge in [-0.1, -0.05) is 6.07 Å². The first-order valence-corrected chi connectivity index (χ1v) is 8.71. The Bertz CT molecular complexity index is 732. The van der Waals surface area contributed by atoms with E-state index >= 15 is 0 Å². The summed E-state index contributed by atoms with van der Waals surface area (Å²) >= 11 is 0. The lowest BCUT2D eigenvalue weighted by molar-refractivity contribution is 0.170. The fraction of sp³-hybridized carbons (Fsp3) is 0.444. The average Bonchev–Trinajstić information content (AvgIpc) is 3.33. The summed E-state index contributed by atoms with van der Waals surface area (Å²) in [5, 5.41) is 3.01. The van der Waals surface area contributed by atoms with Gasteiger partial charge in [-0.3, -0.25) is 0 Å². The topological polar surface area (TPSA) is 68.6 Å². The van der Waals surface area contributed by atoms with Gasteiger partial charge in [0.15, 0.2) is 11.5 Å². The van der Waals surface area contributed by atoms with E-state index in [1.165, 1.54) is 0 Å². The summed E-state index contributed by atoms with van der Waals surface area (Å²) in [7, 11) is 0. The number of likely N-dealkylation sites (tertiary alicyclic amines) is 1. The maximum atomic E-state index is 12.6. The van der Waals surface area contributed by atoms with Crippen LogP contribution in [0.3, 0.4) is 0 Å². The Morgan fingerprint density at radius 3 is 3.00 bits per heavy atom. The van der Waals surface area contributed by atoms with Gasteiger partial charge < -0.3 is 24.3 Å². The van der Waals surface area contributed by atoms with Crippen LogP contribution in [0, 0.1) is 0 Å². The third-order valence-corrected chi connectivity index (χ3v) is 4.67. The standard InChI is InChI=1S/C18H22N4O3/c23-18(20-6-9-21-8-5-19-13-21)22-7-1-2-15(22)14-3-4-16-17(12-14)25-11-10-24-16/h3-5,8,12-13,15H,1-2,6-7,9-11H2,(H,20,23)/t15-/m1/s1. The molecule has 1 atom stereocenters. The summed E-state index contributed by atoms with van der Waals surface area (Å²) in [6.45, 7) is 3.23. The monoisotopic (exact) mass is 342 g/mol. The van der Waals surface area contributed by atoms with Crippen LogP contribution in [0.1, 0.15) is 24.4 Å². The van der Waals surface area contributed by atoms with Crippen LogP contribution in [0.4, 0.5) is 4.79 Å². The molecule has 1 fully saturated rings. The predicted molar refractivity (Wildman–Crippen MR) is 91.7 cm³/mol. The fourth-order valence-electron chi connectivity index (χ4n) is 3.44. The smallest absolute Gasteiger partial charge is 0.317 e. The molecule has 2 aliphatic rings. The molecule has 25 heavy (non-hydrogen) atoms. The van der Waals surface area contributed by atoms with E-state index in [2.05, 4.69) is 10.3 Å². The summed E-state index contributed by atoms with van der Waals surface area (Å²) < 4.78 is 13.2. The first-order chi connectivity index (χ1) is 12.3. The molecule has 0 bridgehead atoms. The lowest BCUT2D eigenvalue weighted by Gasteiger charge is -2.27. The normalized spacial score (nSPS) is 19.0. The van der Waals surface area contributed by atoms with Gasteiger partial charge in [0.1, 0.15) is 13.2 Å². The Balaban J connectivity index is 1.40. The van der Waals surface area contributed by atoms with Crippen molar-refractivity contribution in [3.8, 4) is 11.5 Å². The molecule has 1 aromatic heterocycles. The van der Waals surface area contributed by atoms with Gasteiger partial charge in [0.25, 0.3) is 0 Å². The van der Waals surface area contributed by atoms with Crippen LogP contribution in [-0.4, -0.2) is 46.8 Å². The highest BCUT2D eigenvalue weighted by Crippen LogP contribution is 2.37. The minimum atomic E-state index is -0.0162. The number of hydrogen-bond acceptors (Lipinski definition) is 4. The SMILES string of the molecule is O=C(NCCn1ccnc1)N1CCC[C@@H]1c1ccc2c(c1)OCCO2. The molecule has 2 amide bonds. The summed E-state index contributed by atoms with van der Waals surface area (Å²) in [5.74, 6) is 1.56. The predicted octanol–water partition coefficient (Wildman–Crippen LogP) is 2.20. The molecular formula is C18H22N4O3. The molecule has 0 radical (unpaired) electrons. The number of rotatable bonds is 4. The molecule has 1 saturated heterocycles. The Kier molecular flexibility index (Phi) is 4.45. The Hall–Kier alpha value is -2.70. The maximum Gasteiger partial charge on any atom is 0.317 e. The Labute approximate surface area is 146 Å². The lowest BCUT2D eigenvalue weighted by atomic mass is 10.0. The summed E-state index contributed by atoms with van der Waals surface area (Å²) in [5.41, 5.74) is 1.10. The van der Waals surface area contributed by atoms with Crippen LogP contribution >= 0.6 is 0 Å². The first kappa shape index (κ1) is 15.8. The van der Waals surface area contributed by atoms with Gasteiger partial charge in [-0.05, 0) is 30.5 Å². The first-order valence-electron chi connectivity index (χ1n) is 8.71. The minimum absolute atomic E-state index is 0.0162. The van der Waals surface area contributed by atoms with Gasteiger partial charge in [-0.2, -0.15) is 0 Å². The van der Waals surface area contributed by atoms with Crippen LogP contribution < -0.4 is 14.8 Å². The van der Waals surface area contributed by atoms with Crippen molar-refractivity contribution in [2.24, 2.45) is 0 Å². The summed E-state index contributed by atoms with van der Waals surface area (Å²) in [4.78, 5) is 18.5. The number of carbonyl (C=O) groups is 1. The van der Waals surface area contributed by atoms with Crippen molar-refractivity contribution >= 4 is 6.03 Å². The molecule has 1 N–H and O–H groups in total. The van der Waals surface area contributed by atoms with Gasteiger partial charge in [0.05, 0.1) is 12.4 Å². The van der Waals surface area contributed by atoms with Crippen molar-refractivity contribution < 1.29 is 14.3 Å². The molecule has 0 saturated carbocycles. The number of urea groups is 1. The maximum absolute atomic E-state index is 12.6. The minimum Gasteiger partial charge on any atom is -0.486 e. The highest BCUT2D eigenvalue weighted by molar-refractivity contribution is 5.75. The van der Waals surface area contributed by atoms with E-state index in [4.69, 9.17) is 9.47 Å². The van der Waals surface area contributed by atoms with E-state index in [-0.39, 0.29) is 12.1 Å². The number of aromatic nitrogens is 2. The summed E-state index contributed by atoms with van der Waals surface area (Å²) in [6.07, 6.45) is 7.35. The largest absolute Gasteiger partial charge is 0.486 e. The van der Waals surface area contributed by atoms with Crippen LogP contribution in [0.2, 0.25) is 0 Å². The number of carbonyl (C=O) groups excluding carboxylic acids is 1. The molecule has 0 aliphatic carbocycles. The van der Waals surface area contributed by atoms with E-state index in [1.807, 2.05) is 33.9 Å². The van der Waals surface area contributed by atoms with E-state index in [0.717, 1.165) is 36.4 Å². The fourth-order valence-corrected chi connectivity index (χ4v) is 3.44. The summed E-state index contributed by atoms with van der Waals surface area (Å²) in [6, 6.07) is 6.06. The molecule has 7 heteroatoms. The second kappa shape index (κ2) is 7.04. The number of amides is 2. The Morgan fingerprint density at radius 2 is 2.16 bits per heavy atom. The third kappa shape index (κ3) is 3.40. The average molecular weight is 342 g/mol. The van der Waals surface area contributed by atoms with Crippen molar-refractivity contribution in [1.82, 2.24) is 19.8 Å². The molecule has 132 valence electrons. The zero-order valence-electron chi connectivity index (χ0n) is 14.1. The van der Waals surface area contributed by atoms with Crippen molar-refractivity contribution in [3.05, 3.63) is 42.5 Å². The molecule has 0 unspecified atom stereocenters. The number of hydrogen-bond donors (Lipinski definition) is 1. The second-order valence-electron chi connectivity index (χ2n) is 6.29. The van der Waals surface area contributed by atoms with Gasteiger partial charge in [-0.15, -0.1) is 0 Å². The van der Waals surface area contributed by atoms with Crippen molar-refractivity contribution in [2.75, 3.05) is 26.3 Å². The number of imidazole rings is 1. The molecular weight excluding hydrogens is 320 g/mol. The molecule has 0 spiro atoms. The molecule has 4 rings (SSSR count). The Morgan fingerprint density at radius 1 is 1.28 bits per heavy atom. The third-order valence-electron chi connectivity index (χ3n) is 4.67. The van der Waals surface area contributed by atoms with Crippen LogP contribution in [-0.2, 0) is 6.54 Å². The number of ether oxygens (including phenoxy) is 2. The van der Waals surface area contributed by atoms with Gasteiger partial charge in [0.2, 0.25) is 0 Å². The number of fused-ring (bicyclic) bond motifs is 1. The lowest BCUT2D eigenvalue weighted by Crippen LogP contribution is -2.40. The van der Waals surface area contributed by atoms with Gasteiger partial charge >= 0.3 is 6.03 Å². The van der Waals surface area contributed by atoms with E-state index < -0.39 is 0 Å². The molecule has 7 nitrogen and oxygen atoms in total. The molecule has 1 aromatic carbocycles. The van der Waals surface area contributed by atoms with Crippen molar-refractivity contribution in [1.29, 1.82) is 0 Å².